The van der Waals surface area contributed by atoms with E-state index >= 15 is 0 Å². The molecule has 3 aromatic carbocycles. The van der Waals surface area contributed by atoms with Crippen LogP contribution < -0.4 is 4.90 Å². The minimum absolute atomic E-state index is 0.162. The molecule has 0 atom stereocenters. The number of aromatic nitrogens is 2. The monoisotopic (exact) mass is 494 g/mol. The van der Waals surface area contributed by atoms with Crippen molar-refractivity contribution >= 4 is 34.6 Å². The van der Waals surface area contributed by atoms with Crippen LogP contribution in [0, 0.1) is 6.92 Å². The molecule has 0 N–H and O–H groups in total. The molecule has 36 heavy (non-hydrogen) atoms. The third-order valence-corrected chi connectivity index (χ3v) is 6.76. The van der Waals surface area contributed by atoms with Crippen LogP contribution >= 0.6 is 11.8 Å². The topological polar surface area (TPSA) is 71.6 Å². The first kappa shape index (κ1) is 23.8. The first-order valence-corrected chi connectivity index (χ1v) is 12.8. The summed E-state index contributed by atoms with van der Waals surface area (Å²) in [5, 5.41) is 8.92. The molecule has 180 valence electrons. The normalized spacial score (nSPS) is 14.7. The third-order valence-electron chi connectivity index (χ3n) is 5.84. The van der Waals surface area contributed by atoms with Gasteiger partial charge in [0.1, 0.15) is 5.70 Å². The number of anilines is 1. The number of thioether (sulfide) groups is 1. The lowest BCUT2D eigenvalue weighted by Gasteiger charge is -2.17. The van der Waals surface area contributed by atoms with Crippen molar-refractivity contribution in [2.75, 3.05) is 4.90 Å². The number of rotatable bonds is 6. The standard InChI is InChI=1S/C29H26N4O2S/c1-19(2)22-13-11-21(12-14-22)17-25-28(34)33(24-15-9-20(3)10-16-24)29(30-25)36-18-26-31-32-27(35-26)23-7-5-4-6-8-23/h4-17,19H,18H2,1-3H3/b25-17-. The summed E-state index contributed by atoms with van der Waals surface area (Å²) in [4.78, 5) is 19.8. The number of hydrogen-bond donors (Lipinski definition) is 0. The molecular formula is C29H26N4O2S. The van der Waals surface area contributed by atoms with Gasteiger partial charge in [0, 0.05) is 5.56 Å². The van der Waals surface area contributed by atoms with Crippen LogP contribution in [-0.2, 0) is 10.5 Å². The zero-order chi connectivity index (χ0) is 25.1. The molecule has 0 spiro atoms. The molecule has 1 amide bonds. The first-order chi connectivity index (χ1) is 17.5. The number of carbonyl (C=O) groups excluding carboxylic acids is 1. The summed E-state index contributed by atoms with van der Waals surface area (Å²) in [6.45, 7) is 6.34. The predicted molar refractivity (Wildman–Crippen MR) is 146 cm³/mol. The molecule has 0 unspecified atom stereocenters. The summed E-state index contributed by atoms with van der Waals surface area (Å²) in [5.41, 5.74) is 5.34. The maximum Gasteiger partial charge on any atom is 0.283 e. The number of amidine groups is 1. The van der Waals surface area contributed by atoms with Crippen molar-refractivity contribution in [1.82, 2.24) is 10.2 Å². The molecule has 1 aliphatic rings. The highest BCUT2D eigenvalue weighted by Gasteiger charge is 2.32. The van der Waals surface area contributed by atoms with E-state index in [9.17, 15) is 4.79 Å². The Balaban J connectivity index is 1.41. The summed E-state index contributed by atoms with van der Waals surface area (Å²) in [6.07, 6.45) is 1.83. The number of amides is 1. The van der Waals surface area contributed by atoms with E-state index in [1.165, 1.54) is 17.3 Å². The molecule has 6 nitrogen and oxygen atoms in total. The van der Waals surface area contributed by atoms with Crippen LogP contribution in [0.1, 0.15) is 42.3 Å². The molecule has 2 heterocycles. The molecule has 0 fully saturated rings. The van der Waals surface area contributed by atoms with Crippen LogP contribution in [0.3, 0.4) is 0 Å². The number of aliphatic imine (C=N–C) groups is 1. The van der Waals surface area contributed by atoms with Crippen molar-refractivity contribution in [2.24, 2.45) is 4.99 Å². The van der Waals surface area contributed by atoms with Gasteiger partial charge in [-0.2, -0.15) is 0 Å². The van der Waals surface area contributed by atoms with Crippen molar-refractivity contribution < 1.29 is 9.21 Å². The molecule has 0 radical (unpaired) electrons. The summed E-state index contributed by atoms with van der Waals surface area (Å²) in [5.74, 6) is 1.62. The second-order valence-electron chi connectivity index (χ2n) is 8.88. The Hall–Kier alpha value is -3.97. The van der Waals surface area contributed by atoms with Crippen LogP contribution in [0.25, 0.3) is 17.5 Å². The molecule has 1 aromatic heterocycles. The lowest BCUT2D eigenvalue weighted by atomic mass is 10.0. The van der Waals surface area contributed by atoms with Gasteiger partial charge in [-0.25, -0.2) is 4.99 Å². The highest BCUT2D eigenvalue weighted by atomic mass is 32.2. The Bertz CT molecular complexity index is 1420. The Kier molecular flexibility index (Phi) is 6.82. The number of aryl methyl sites for hydroxylation is 1. The van der Waals surface area contributed by atoms with Gasteiger partial charge in [0.25, 0.3) is 5.91 Å². The molecule has 4 aromatic rings. The minimum atomic E-state index is -0.162. The fourth-order valence-corrected chi connectivity index (χ4v) is 4.63. The van der Waals surface area contributed by atoms with Crippen molar-refractivity contribution in [1.29, 1.82) is 0 Å². The van der Waals surface area contributed by atoms with Gasteiger partial charge in [-0.1, -0.05) is 85.8 Å². The van der Waals surface area contributed by atoms with Crippen molar-refractivity contribution in [3.8, 4) is 11.5 Å². The maximum absolute atomic E-state index is 13.5. The van der Waals surface area contributed by atoms with E-state index in [0.29, 0.717) is 34.3 Å². The molecule has 7 heteroatoms. The summed E-state index contributed by atoms with van der Waals surface area (Å²) in [6, 6.07) is 25.7. The van der Waals surface area contributed by atoms with Gasteiger partial charge >= 0.3 is 0 Å². The number of carbonyl (C=O) groups is 1. The summed E-state index contributed by atoms with van der Waals surface area (Å²) < 4.78 is 5.85. The average Bonchev–Trinajstić information content (AvgIpc) is 3.49. The highest BCUT2D eigenvalue weighted by Crippen LogP contribution is 2.31. The molecule has 0 saturated heterocycles. The SMILES string of the molecule is Cc1ccc(N2C(=O)/C(=C/c3ccc(C(C)C)cc3)N=C2SCc2nnc(-c3ccccc3)o2)cc1. The smallest absolute Gasteiger partial charge is 0.283 e. The van der Waals surface area contributed by atoms with E-state index in [1.807, 2.05) is 79.7 Å². The fourth-order valence-electron chi connectivity index (χ4n) is 3.79. The van der Waals surface area contributed by atoms with E-state index < -0.39 is 0 Å². The van der Waals surface area contributed by atoms with Crippen LogP contribution in [0.5, 0.6) is 0 Å². The van der Waals surface area contributed by atoms with Gasteiger partial charge in [-0.3, -0.25) is 9.69 Å². The van der Waals surface area contributed by atoms with E-state index in [2.05, 4.69) is 36.2 Å². The highest BCUT2D eigenvalue weighted by molar-refractivity contribution is 8.13. The Morgan fingerprint density at radius 3 is 2.36 bits per heavy atom. The van der Waals surface area contributed by atoms with Gasteiger partial charge in [-0.15, -0.1) is 10.2 Å². The molecule has 5 rings (SSSR count). The summed E-state index contributed by atoms with van der Waals surface area (Å²) >= 11 is 1.40. The Morgan fingerprint density at radius 2 is 1.67 bits per heavy atom. The second kappa shape index (κ2) is 10.3. The molecular weight excluding hydrogens is 468 g/mol. The second-order valence-corrected chi connectivity index (χ2v) is 9.82. The van der Waals surface area contributed by atoms with Crippen molar-refractivity contribution in [3.05, 3.63) is 107 Å². The van der Waals surface area contributed by atoms with Crippen LogP contribution in [-0.4, -0.2) is 21.3 Å². The predicted octanol–water partition coefficient (Wildman–Crippen LogP) is 6.85. The molecule has 0 bridgehead atoms. The van der Waals surface area contributed by atoms with Crippen LogP contribution in [0.15, 0.2) is 94.0 Å². The average molecular weight is 495 g/mol. The molecule has 0 saturated carbocycles. The number of benzene rings is 3. The lowest BCUT2D eigenvalue weighted by Crippen LogP contribution is -2.30. The van der Waals surface area contributed by atoms with Crippen LogP contribution in [0.4, 0.5) is 5.69 Å². The number of nitrogens with zero attached hydrogens (tertiary/aromatic N) is 4. The van der Waals surface area contributed by atoms with Gasteiger partial charge in [0.2, 0.25) is 11.8 Å². The van der Waals surface area contributed by atoms with Crippen molar-refractivity contribution in [2.45, 2.75) is 32.4 Å². The quantitative estimate of drug-likeness (QED) is 0.274. The Labute approximate surface area is 214 Å². The largest absolute Gasteiger partial charge is 0.420 e. The lowest BCUT2D eigenvalue weighted by molar-refractivity contribution is -0.113. The summed E-state index contributed by atoms with van der Waals surface area (Å²) in [7, 11) is 0. The van der Waals surface area contributed by atoms with Crippen molar-refractivity contribution in [3.63, 3.8) is 0 Å². The van der Waals surface area contributed by atoms with E-state index in [0.717, 1.165) is 22.4 Å². The van der Waals surface area contributed by atoms with E-state index in [1.54, 1.807) is 4.90 Å². The molecule has 1 aliphatic heterocycles. The fraction of sp³-hybridized carbons (Fsp3) is 0.172. The van der Waals surface area contributed by atoms with E-state index in [4.69, 9.17) is 9.41 Å². The zero-order valence-electron chi connectivity index (χ0n) is 20.4. The first-order valence-electron chi connectivity index (χ1n) is 11.8. The van der Waals surface area contributed by atoms with Gasteiger partial charge in [0.05, 0.1) is 11.4 Å². The van der Waals surface area contributed by atoms with E-state index in [-0.39, 0.29) is 5.91 Å². The van der Waals surface area contributed by atoms with Gasteiger partial charge < -0.3 is 4.42 Å². The van der Waals surface area contributed by atoms with Gasteiger partial charge in [0.15, 0.2) is 5.17 Å². The molecule has 0 aliphatic carbocycles. The Morgan fingerprint density at radius 1 is 0.944 bits per heavy atom. The zero-order valence-corrected chi connectivity index (χ0v) is 21.2. The van der Waals surface area contributed by atoms with Crippen LogP contribution in [0.2, 0.25) is 0 Å². The van der Waals surface area contributed by atoms with Gasteiger partial charge in [-0.05, 0) is 54.3 Å². The minimum Gasteiger partial charge on any atom is -0.420 e. The number of hydrogen-bond acceptors (Lipinski definition) is 6. The maximum atomic E-state index is 13.5. The third kappa shape index (κ3) is 5.16.